The summed E-state index contributed by atoms with van der Waals surface area (Å²) in [6.07, 6.45) is 9.89. The number of halogens is 3. The highest BCUT2D eigenvalue weighted by atomic mass is 32.2. The molecule has 1 aliphatic carbocycles. The van der Waals surface area contributed by atoms with Crippen molar-refractivity contribution >= 4 is 49.3 Å². The number of hydrogen-bond acceptors (Lipinski definition) is 9. The van der Waals surface area contributed by atoms with Crippen LogP contribution in [0.2, 0.25) is 0 Å². The van der Waals surface area contributed by atoms with Crippen molar-refractivity contribution in [2.75, 3.05) is 29.5 Å². The Balaban J connectivity index is 1.49. The van der Waals surface area contributed by atoms with Gasteiger partial charge in [0.1, 0.15) is 6.54 Å². The fourth-order valence-electron chi connectivity index (χ4n) is 8.68. The molecule has 0 radical (unpaired) electrons. The van der Waals surface area contributed by atoms with Crippen molar-refractivity contribution in [1.82, 2.24) is 4.31 Å². The Hall–Kier alpha value is -4.23. The monoisotopic (exact) mass is 916 g/mol. The van der Waals surface area contributed by atoms with Gasteiger partial charge in [-0.1, -0.05) is 97.8 Å². The quantitative estimate of drug-likeness (QED) is 0.0299. The third kappa shape index (κ3) is 10.2. The maximum Gasteiger partial charge on any atom is 0.516 e. The molecule has 3 aromatic rings. The van der Waals surface area contributed by atoms with E-state index >= 15 is 0 Å². The summed E-state index contributed by atoms with van der Waals surface area (Å²) in [6.45, 7) is 8.69. The molecule has 17 heteroatoms. The lowest BCUT2D eigenvalue weighted by atomic mass is 9.81. The van der Waals surface area contributed by atoms with Gasteiger partial charge in [-0.3, -0.25) is 8.86 Å². The summed E-state index contributed by atoms with van der Waals surface area (Å²) >= 11 is 0.978. The molecule has 0 spiro atoms. The van der Waals surface area contributed by atoms with Crippen molar-refractivity contribution in [3.63, 3.8) is 0 Å². The van der Waals surface area contributed by atoms with Crippen LogP contribution in [0.5, 0.6) is 0 Å². The number of alkyl halides is 3. The second kappa shape index (κ2) is 19.3. The Morgan fingerprint density at radius 3 is 2.21 bits per heavy atom. The summed E-state index contributed by atoms with van der Waals surface area (Å²) in [4.78, 5) is 2.06. The molecule has 0 saturated heterocycles. The first-order valence-corrected chi connectivity index (χ1v) is 24.4. The summed E-state index contributed by atoms with van der Waals surface area (Å²) < 4.78 is 111. The van der Waals surface area contributed by atoms with Crippen LogP contribution in [0.3, 0.4) is 0 Å². The number of hydrogen-bond donors (Lipinski definition) is 2. The lowest BCUT2D eigenvalue weighted by Gasteiger charge is -2.29. The minimum absolute atomic E-state index is 0.0316. The third-order valence-electron chi connectivity index (χ3n) is 11.7. The normalized spacial score (nSPS) is 18.8. The largest absolute Gasteiger partial charge is 0.516 e. The first kappa shape index (κ1) is 47.3. The van der Waals surface area contributed by atoms with Gasteiger partial charge in [-0.05, 0) is 80.4 Å². The number of allylic oxidation sites excluding steroid dienone is 7. The van der Waals surface area contributed by atoms with Gasteiger partial charge in [-0.15, -0.1) is 4.33 Å². The molecule has 2 N–H and O–H groups in total. The minimum atomic E-state index is -5.92. The van der Waals surface area contributed by atoms with Crippen molar-refractivity contribution in [3.05, 3.63) is 142 Å². The van der Waals surface area contributed by atoms with E-state index in [4.69, 9.17) is 5.26 Å². The number of benzene rings is 3. The highest BCUT2D eigenvalue weighted by Gasteiger charge is 2.52. The van der Waals surface area contributed by atoms with Gasteiger partial charge in [-0.25, -0.2) is 5.26 Å². The molecular weight excluding hydrogens is 864 g/mol. The Morgan fingerprint density at radius 2 is 1.52 bits per heavy atom. The van der Waals surface area contributed by atoms with Crippen LogP contribution in [-0.2, 0) is 46.9 Å². The van der Waals surface area contributed by atoms with E-state index in [2.05, 4.69) is 38.8 Å². The summed E-state index contributed by atoms with van der Waals surface area (Å²) in [5, 5.41) is 12.2. The first-order chi connectivity index (χ1) is 29.3. The van der Waals surface area contributed by atoms with E-state index < -0.39 is 43.0 Å². The molecule has 0 unspecified atom stereocenters. The van der Waals surface area contributed by atoms with Gasteiger partial charge in [0.25, 0.3) is 10.1 Å². The lowest BCUT2D eigenvalue weighted by molar-refractivity contribution is -0.438. The fraction of sp³-hybridized carbons (Fsp3) is 0.400. The van der Waals surface area contributed by atoms with Crippen molar-refractivity contribution < 1.29 is 53.8 Å². The van der Waals surface area contributed by atoms with Crippen LogP contribution in [-0.4, -0.2) is 71.3 Å². The van der Waals surface area contributed by atoms with Crippen LogP contribution in [0.4, 0.5) is 24.5 Å². The molecule has 0 saturated carbocycles. The summed E-state index contributed by atoms with van der Waals surface area (Å²) in [6, 6.07) is 24.0. The molecule has 0 bridgehead atoms. The Kier molecular flexibility index (Phi) is 14.7. The molecule has 11 nitrogen and oxygen atoms in total. The maximum atomic E-state index is 14.8. The van der Waals surface area contributed by atoms with Crippen molar-refractivity contribution in [2.45, 2.75) is 89.1 Å². The van der Waals surface area contributed by atoms with Gasteiger partial charge in [0.15, 0.2) is 5.71 Å². The maximum absolute atomic E-state index is 14.8. The highest BCUT2D eigenvalue weighted by Crippen LogP contribution is 2.49. The van der Waals surface area contributed by atoms with Crippen LogP contribution in [0.25, 0.3) is 0 Å². The molecular formula is C45H53F3N3O8S3+. The smallest absolute Gasteiger partial charge is 0.344 e. The molecule has 0 amide bonds. The number of fused-ring (bicyclic) bond motifs is 2. The molecule has 3 aliphatic rings. The molecule has 62 heavy (non-hydrogen) atoms. The topological polar surface area (TPSA) is 137 Å². The van der Waals surface area contributed by atoms with E-state index in [1.807, 2.05) is 68.5 Å². The standard InChI is InChI=1S/C45H52F3N3O8S3/c1-43(2)36-18-8-10-20-38(36)49(28-12-14-30-60-59-58-52)40(43)26-24-34-22-23-35(42(34)51(62(56,57)45(46,47)48)32-33-16-6-5-7-17-33)25-27-41-44(3,4)37-19-9-11-21-39(37)50(41)29-13-15-31-61(53,54)55/h5-11,16-21,24-27H,12-15,22-23,28-32H2,1-4H3,(H-,52,53,54,55)/p+1. The molecule has 0 fully saturated rings. The summed E-state index contributed by atoms with van der Waals surface area (Å²) in [5.41, 5.74) is 0.205. The predicted molar refractivity (Wildman–Crippen MR) is 237 cm³/mol. The van der Waals surface area contributed by atoms with Gasteiger partial charge < -0.3 is 4.90 Å². The molecule has 2 aliphatic heterocycles. The van der Waals surface area contributed by atoms with Gasteiger partial charge >= 0.3 is 15.5 Å². The van der Waals surface area contributed by atoms with E-state index in [1.54, 1.807) is 42.5 Å². The second-order valence-corrected chi connectivity index (χ2v) is 20.7. The van der Waals surface area contributed by atoms with E-state index in [1.165, 1.54) is 0 Å². The van der Waals surface area contributed by atoms with Crippen molar-refractivity contribution in [1.29, 1.82) is 0 Å². The number of anilines is 1. The molecule has 334 valence electrons. The average molecular weight is 917 g/mol. The predicted octanol–water partition coefficient (Wildman–Crippen LogP) is 10.1. The molecule has 2 heterocycles. The van der Waals surface area contributed by atoms with Gasteiger partial charge in [0, 0.05) is 65.3 Å². The Labute approximate surface area is 366 Å². The summed E-state index contributed by atoms with van der Waals surface area (Å²) in [7, 11) is -10.1. The highest BCUT2D eigenvalue weighted by molar-refractivity contribution is 7.94. The molecule has 3 aromatic carbocycles. The molecule has 0 atom stereocenters. The van der Waals surface area contributed by atoms with E-state index in [0.717, 1.165) is 58.8 Å². The SMILES string of the molecule is CC1(C)C(/C=C/C2=C(N(Cc3ccccc3)S(=O)(=O)C(F)(F)F)C(=C/C=C3/N(CCCCS(=O)(=O)O)c4ccccc4C3(C)C)/CC2)=[N+](CCCCSOOO)c2ccccc21. The number of unbranched alkanes of at least 4 members (excludes halogenated alkanes) is 2. The number of nitrogens with zero attached hydrogens (tertiary/aromatic N) is 3. The second-order valence-electron chi connectivity index (χ2n) is 16.5. The minimum Gasteiger partial charge on any atom is -0.344 e. The van der Waals surface area contributed by atoms with Gasteiger partial charge in [0.05, 0.1) is 23.4 Å². The van der Waals surface area contributed by atoms with Crippen LogP contribution >= 0.6 is 12.0 Å². The zero-order chi connectivity index (χ0) is 44.9. The van der Waals surface area contributed by atoms with Crippen LogP contribution in [0, 0.1) is 0 Å². The van der Waals surface area contributed by atoms with Gasteiger partial charge in [0.2, 0.25) is 5.69 Å². The molecule has 0 aromatic heterocycles. The van der Waals surface area contributed by atoms with Crippen LogP contribution in [0.15, 0.2) is 126 Å². The third-order valence-corrected chi connectivity index (χ3v) is 14.6. The van der Waals surface area contributed by atoms with Crippen LogP contribution < -0.4 is 4.90 Å². The number of rotatable bonds is 19. The van der Waals surface area contributed by atoms with Crippen LogP contribution in [0.1, 0.15) is 82.9 Å². The first-order valence-electron chi connectivity index (χ1n) is 20.4. The van der Waals surface area contributed by atoms with E-state index in [0.29, 0.717) is 46.3 Å². The zero-order valence-corrected chi connectivity index (χ0v) is 37.6. The van der Waals surface area contributed by atoms with Crippen molar-refractivity contribution in [2.24, 2.45) is 0 Å². The number of sulfonamides is 1. The van der Waals surface area contributed by atoms with E-state index in [9.17, 15) is 34.6 Å². The average Bonchev–Trinajstić information content (AvgIpc) is 3.78. The van der Waals surface area contributed by atoms with Crippen molar-refractivity contribution in [3.8, 4) is 0 Å². The fourth-order valence-corrected chi connectivity index (χ4v) is 10.7. The number of para-hydroxylation sites is 2. The van der Waals surface area contributed by atoms with Gasteiger partial charge in [-0.2, -0.15) is 34.6 Å². The summed E-state index contributed by atoms with van der Waals surface area (Å²) in [5.74, 6) is 0.173. The Morgan fingerprint density at radius 1 is 0.839 bits per heavy atom. The molecule has 6 rings (SSSR count). The Bertz CT molecular complexity index is 2500. The lowest BCUT2D eigenvalue weighted by Crippen LogP contribution is -2.40. The zero-order valence-electron chi connectivity index (χ0n) is 35.1. The van der Waals surface area contributed by atoms with E-state index in [-0.39, 0.29) is 30.7 Å².